The number of aliphatic hydroxyl groups is 1. The first-order valence-electron chi connectivity index (χ1n) is 8.64. The van der Waals surface area contributed by atoms with Gasteiger partial charge in [0.25, 0.3) is 5.91 Å². The molecule has 2 aromatic rings. The number of nitrogens with one attached hydrogen (secondary N) is 2. The molecule has 138 valence electrons. The second-order valence-electron chi connectivity index (χ2n) is 6.13. The molecular weight excluding hydrogens is 398 g/mol. The molecule has 7 nitrogen and oxygen atoms in total. The van der Waals surface area contributed by atoms with Crippen LogP contribution in [0.15, 0.2) is 41.1 Å². The minimum Gasteiger partial charge on any atom is -0.394 e. The number of aromatic nitrogens is 2. The van der Waals surface area contributed by atoms with Gasteiger partial charge >= 0.3 is 0 Å². The summed E-state index contributed by atoms with van der Waals surface area (Å²) in [6.07, 6.45) is 3.55. The van der Waals surface area contributed by atoms with Gasteiger partial charge in [0.1, 0.15) is 18.0 Å². The smallest absolute Gasteiger partial charge is 0.251 e. The lowest BCUT2D eigenvalue weighted by atomic mass is 10.2. The van der Waals surface area contributed by atoms with Gasteiger partial charge in [0.05, 0.1) is 12.6 Å². The number of benzene rings is 1. The number of nitrogens with zero attached hydrogens (tertiary/aromatic N) is 3. The number of hydrogen-bond donors (Lipinski definition) is 3. The van der Waals surface area contributed by atoms with Crippen LogP contribution in [0.5, 0.6) is 0 Å². The molecule has 26 heavy (non-hydrogen) atoms. The second kappa shape index (κ2) is 8.95. The fourth-order valence-electron chi connectivity index (χ4n) is 3.03. The maximum atomic E-state index is 12.1. The monoisotopic (exact) mass is 419 g/mol. The van der Waals surface area contributed by atoms with E-state index in [0.717, 1.165) is 29.7 Å². The predicted octanol–water partition coefficient (Wildman–Crippen LogP) is 2.04. The summed E-state index contributed by atoms with van der Waals surface area (Å²) in [7, 11) is 0. The summed E-state index contributed by atoms with van der Waals surface area (Å²) in [4.78, 5) is 22.7. The molecule has 0 saturated carbocycles. The van der Waals surface area contributed by atoms with Crippen LogP contribution in [0, 0.1) is 0 Å². The van der Waals surface area contributed by atoms with Gasteiger partial charge in [-0.15, -0.1) is 0 Å². The minimum atomic E-state index is -0.112. The van der Waals surface area contributed by atoms with Gasteiger partial charge in [0.15, 0.2) is 0 Å². The van der Waals surface area contributed by atoms with Crippen LogP contribution in [0.3, 0.4) is 0 Å². The van der Waals surface area contributed by atoms with Crippen LogP contribution >= 0.6 is 15.9 Å². The van der Waals surface area contributed by atoms with Gasteiger partial charge < -0.3 is 20.6 Å². The topological polar surface area (TPSA) is 90.4 Å². The summed E-state index contributed by atoms with van der Waals surface area (Å²) >= 11 is 3.36. The molecule has 8 heteroatoms. The number of halogens is 1. The summed E-state index contributed by atoms with van der Waals surface area (Å²) in [6.45, 7) is 2.06. The summed E-state index contributed by atoms with van der Waals surface area (Å²) < 4.78 is 0.875. The number of carbonyl (C=O) groups excluding carboxylic acids is 1. The average Bonchev–Trinajstić information content (AvgIpc) is 3.14. The van der Waals surface area contributed by atoms with Gasteiger partial charge in [-0.2, -0.15) is 0 Å². The van der Waals surface area contributed by atoms with Crippen molar-refractivity contribution >= 4 is 33.5 Å². The molecule has 3 rings (SSSR count). The molecule has 0 aliphatic carbocycles. The number of carbonyl (C=O) groups is 1. The Bertz CT molecular complexity index is 758. The lowest BCUT2D eigenvalue weighted by Crippen LogP contribution is -2.33. The van der Waals surface area contributed by atoms with Crippen molar-refractivity contribution in [2.24, 2.45) is 0 Å². The van der Waals surface area contributed by atoms with Crippen LogP contribution in [-0.2, 0) is 0 Å². The van der Waals surface area contributed by atoms with E-state index in [1.165, 1.54) is 6.33 Å². The van der Waals surface area contributed by atoms with Crippen molar-refractivity contribution in [2.75, 3.05) is 36.5 Å². The largest absolute Gasteiger partial charge is 0.394 e. The first-order valence-corrected chi connectivity index (χ1v) is 9.44. The van der Waals surface area contributed by atoms with Gasteiger partial charge in [0.2, 0.25) is 0 Å². The van der Waals surface area contributed by atoms with E-state index in [1.807, 2.05) is 18.2 Å². The molecule has 1 aromatic carbocycles. The Morgan fingerprint density at radius 2 is 2.19 bits per heavy atom. The third-order valence-electron chi connectivity index (χ3n) is 4.34. The molecule has 1 aliphatic rings. The molecule has 1 atom stereocenters. The van der Waals surface area contributed by atoms with Crippen molar-refractivity contribution in [3.63, 3.8) is 0 Å². The SMILES string of the molecule is O=C(NCCNc1cc(N2CCCC2CO)ncn1)c1cccc(Br)c1. The molecular formula is C18H22BrN5O2. The predicted molar refractivity (Wildman–Crippen MR) is 104 cm³/mol. The number of aliphatic hydroxyl groups excluding tert-OH is 1. The molecule has 1 fully saturated rings. The van der Waals surface area contributed by atoms with Gasteiger partial charge in [-0.3, -0.25) is 4.79 Å². The summed E-state index contributed by atoms with van der Waals surface area (Å²) in [6, 6.07) is 9.28. The van der Waals surface area contributed by atoms with Crippen molar-refractivity contribution in [2.45, 2.75) is 18.9 Å². The Morgan fingerprint density at radius 1 is 1.31 bits per heavy atom. The Morgan fingerprint density at radius 3 is 3.00 bits per heavy atom. The molecule has 1 aliphatic heterocycles. The van der Waals surface area contributed by atoms with Gasteiger partial charge in [-0.1, -0.05) is 22.0 Å². The molecule has 3 N–H and O–H groups in total. The maximum absolute atomic E-state index is 12.1. The number of anilines is 2. The van der Waals surface area contributed by atoms with Gasteiger partial charge in [-0.25, -0.2) is 9.97 Å². The van der Waals surface area contributed by atoms with Crippen molar-refractivity contribution in [1.29, 1.82) is 0 Å². The summed E-state index contributed by atoms with van der Waals surface area (Å²) in [5.74, 6) is 1.41. The quantitative estimate of drug-likeness (QED) is 0.594. The fourth-order valence-corrected chi connectivity index (χ4v) is 3.43. The maximum Gasteiger partial charge on any atom is 0.251 e. The Labute approximate surface area is 161 Å². The molecule has 0 spiro atoms. The van der Waals surface area contributed by atoms with Crippen LogP contribution in [0.25, 0.3) is 0 Å². The number of rotatable bonds is 7. The van der Waals surface area contributed by atoms with Crippen molar-refractivity contribution < 1.29 is 9.90 Å². The lowest BCUT2D eigenvalue weighted by Gasteiger charge is -2.24. The van der Waals surface area contributed by atoms with Crippen molar-refractivity contribution in [1.82, 2.24) is 15.3 Å². The van der Waals surface area contributed by atoms with E-state index in [1.54, 1.807) is 12.1 Å². The lowest BCUT2D eigenvalue weighted by molar-refractivity contribution is 0.0955. The zero-order valence-corrected chi connectivity index (χ0v) is 15.9. The number of amides is 1. The molecule has 1 aromatic heterocycles. The third kappa shape index (κ3) is 4.70. The minimum absolute atomic E-state index is 0.112. The second-order valence-corrected chi connectivity index (χ2v) is 7.04. The first kappa shape index (κ1) is 18.6. The average molecular weight is 420 g/mol. The van der Waals surface area contributed by atoms with E-state index in [0.29, 0.717) is 24.5 Å². The number of hydrogen-bond acceptors (Lipinski definition) is 6. The van der Waals surface area contributed by atoms with Crippen molar-refractivity contribution in [3.8, 4) is 0 Å². The highest BCUT2D eigenvalue weighted by Crippen LogP contribution is 2.24. The zero-order chi connectivity index (χ0) is 18.4. The van der Waals surface area contributed by atoms with E-state index in [9.17, 15) is 9.90 Å². The molecule has 0 bridgehead atoms. The first-order chi connectivity index (χ1) is 12.7. The Kier molecular flexibility index (Phi) is 6.40. The van der Waals surface area contributed by atoms with Crippen LogP contribution in [0.1, 0.15) is 23.2 Å². The van der Waals surface area contributed by atoms with E-state index in [-0.39, 0.29) is 18.6 Å². The molecule has 1 unspecified atom stereocenters. The highest BCUT2D eigenvalue weighted by Gasteiger charge is 2.25. The zero-order valence-electron chi connectivity index (χ0n) is 14.4. The van der Waals surface area contributed by atoms with E-state index in [4.69, 9.17) is 0 Å². The highest BCUT2D eigenvalue weighted by atomic mass is 79.9. The summed E-state index contributed by atoms with van der Waals surface area (Å²) in [5, 5.41) is 15.5. The summed E-state index contributed by atoms with van der Waals surface area (Å²) in [5.41, 5.74) is 0.618. The highest BCUT2D eigenvalue weighted by molar-refractivity contribution is 9.10. The van der Waals surface area contributed by atoms with Gasteiger partial charge in [-0.05, 0) is 31.0 Å². The molecule has 2 heterocycles. The van der Waals surface area contributed by atoms with E-state index in [2.05, 4.69) is 41.4 Å². The molecule has 1 amide bonds. The van der Waals surface area contributed by atoms with E-state index >= 15 is 0 Å². The standard InChI is InChI=1S/C18H22BrN5O2/c19-14-4-1-3-13(9-14)18(26)21-7-6-20-16-10-17(23-12-22-16)24-8-2-5-15(24)11-25/h1,3-4,9-10,12,15,25H,2,5-8,11H2,(H,21,26)(H,20,22,23). The fraction of sp³-hybridized carbons (Fsp3) is 0.389. The van der Waals surface area contributed by atoms with Crippen LogP contribution in [0.2, 0.25) is 0 Å². The van der Waals surface area contributed by atoms with Crippen LogP contribution in [0.4, 0.5) is 11.6 Å². The Balaban J connectivity index is 1.49. The Hall–Kier alpha value is -2.19. The third-order valence-corrected chi connectivity index (χ3v) is 4.83. The van der Waals surface area contributed by atoms with Crippen molar-refractivity contribution in [3.05, 3.63) is 46.7 Å². The molecule has 1 saturated heterocycles. The van der Waals surface area contributed by atoms with E-state index < -0.39 is 0 Å². The molecule has 0 radical (unpaired) electrons. The van der Waals surface area contributed by atoms with Crippen LogP contribution in [-0.4, -0.2) is 53.3 Å². The normalized spacial score (nSPS) is 16.5. The van der Waals surface area contributed by atoms with Gasteiger partial charge in [0, 0.05) is 35.7 Å². The van der Waals surface area contributed by atoms with Crippen LogP contribution < -0.4 is 15.5 Å².